The van der Waals surface area contributed by atoms with Crippen LogP contribution in [0.1, 0.15) is 32.3 Å². The Balaban J connectivity index is 2.42. The van der Waals surface area contributed by atoms with Crippen LogP contribution in [0.3, 0.4) is 0 Å². The minimum absolute atomic E-state index is 0.186. The summed E-state index contributed by atoms with van der Waals surface area (Å²) in [5, 5.41) is 4.06. The third kappa shape index (κ3) is 2.03. The first-order valence-corrected chi connectivity index (χ1v) is 5.92. The monoisotopic (exact) mass is 250 g/mol. The summed E-state index contributed by atoms with van der Waals surface area (Å²) in [6.07, 6.45) is 2.30. The number of nitrogens with two attached hydrogens (primary N) is 1. The lowest BCUT2D eigenvalue weighted by Crippen LogP contribution is -2.47. The summed E-state index contributed by atoms with van der Waals surface area (Å²) in [5.41, 5.74) is 6.05. The Bertz CT molecular complexity index is 484. The van der Waals surface area contributed by atoms with Crippen LogP contribution in [-0.4, -0.2) is 21.6 Å². The van der Waals surface area contributed by atoms with Crippen molar-refractivity contribution < 1.29 is 9.59 Å². The molecule has 6 nitrogen and oxygen atoms in total. The standard InChI is InChI=1S/C12H18N4O2/c1-12(2)4-9(17)16(10(18)5-12)11-8(6-13)7-14-15(11)3/h7H,4-6,13H2,1-3H3. The zero-order valence-electron chi connectivity index (χ0n) is 10.9. The summed E-state index contributed by atoms with van der Waals surface area (Å²) in [7, 11) is 1.70. The Morgan fingerprint density at radius 3 is 2.39 bits per heavy atom. The maximum atomic E-state index is 12.2. The molecule has 0 aliphatic carbocycles. The lowest BCUT2D eigenvalue weighted by Gasteiger charge is -2.34. The molecule has 0 atom stereocenters. The van der Waals surface area contributed by atoms with Crippen molar-refractivity contribution in [1.82, 2.24) is 9.78 Å². The molecule has 2 N–H and O–H groups in total. The SMILES string of the molecule is Cn1ncc(CN)c1N1C(=O)CC(C)(C)CC1=O. The van der Waals surface area contributed by atoms with Gasteiger partial charge in [0.2, 0.25) is 11.8 Å². The van der Waals surface area contributed by atoms with Crippen LogP contribution in [0, 0.1) is 5.41 Å². The van der Waals surface area contributed by atoms with Crippen molar-refractivity contribution in [3.8, 4) is 0 Å². The third-order valence-electron chi connectivity index (χ3n) is 3.17. The number of aryl methyl sites for hydroxylation is 1. The molecule has 1 aliphatic rings. The molecule has 2 heterocycles. The number of anilines is 1. The van der Waals surface area contributed by atoms with Crippen molar-refractivity contribution in [1.29, 1.82) is 0 Å². The van der Waals surface area contributed by atoms with Crippen LogP contribution in [0.5, 0.6) is 0 Å². The van der Waals surface area contributed by atoms with E-state index in [-0.39, 0.29) is 23.8 Å². The minimum Gasteiger partial charge on any atom is -0.326 e. The number of piperidine rings is 1. The first-order valence-electron chi connectivity index (χ1n) is 5.92. The van der Waals surface area contributed by atoms with Crippen LogP contribution in [-0.2, 0) is 23.2 Å². The molecule has 0 bridgehead atoms. The predicted octanol–water partition coefficient (Wildman–Crippen LogP) is 0.558. The minimum atomic E-state index is -0.272. The number of hydrogen-bond donors (Lipinski definition) is 1. The van der Waals surface area contributed by atoms with Gasteiger partial charge in [-0.05, 0) is 5.41 Å². The maximum Gasteiger partial charge on any atom is 0.235 e. The van der Waals surface area contributed by atoms with Gasteiger partial charge in [-0.15, -0.1) is 0 Å². The largest absolute Gasteiger partial charge is 0.326 e. The van der Waals surface area contributed by atoms with Crippen molar-refractivity contribution in [2.24, 2.45) is 18.2 Å². The van der Waals surface area contributed by atoms with Gasteiger partial charge >= 0.3 is 0 Å². The van der Waals surface area contributed by atoms with E-state index in [1.807, 2.05) is 13.8 Å². The van der Waals surface area contributed by atoms with E-state index in [4.69, 9.17) is 5.73 Å². The maximum absolute atomic E-state index is 12.2. The number of imide groups is 1. The number of nitrogens with zero attached hydrogens (tertiary/aromatic N) is 3. The molecule has 18 heavy (non-hydrogen) atoms. The Labute approximate surface area is 106 Å². The first kappa shape index (κ1) is 12.8. The van der Waals surface area contributed by atoms with Gasteiger partial charge < -0.3 is 5.73 Å². The second-order valence-electron chi connectivity index (χ2n) is 5.46. The molecular formula is C12H18N4O2. The highest BCUT2D eigenvalue weighted by molar-refractivity contribution is 6.16. The topological polar surface area (TPSA) is 81.2 Å². The predicted molar refractivity (Wildman–Crippen MR) is 66.6 cm³/mol. The second kappa shape index (κ2) is 4.20. The highest BCUT2D eigenvalue weighted by Gasteiger charge is 2.40. The van der Waals surface area contributed by atoms with Crippen LogP contribution in [0.25, 0.3) is 0 Å². The van der Waals surface area contributed by atoms with Gasteiger partial charge in [-0.1, -0.05) is 13.8 Å². The first-order chi connectivity index (χ1) is 8.35. The van der Waals surface area contributed by atoms with Crippen molar-refractivity contribution in [2.45, 2.75) is 33.2 Å². The molecule has 0 saturated carbocycles. The molecule has 98 valence electrons. The van der Waals surface area contributed by atoms with Gasteiger partial charge in [0.15, 0.2) is 0 Å². The number of carbonyl (C=O) groups excluding carboxylic acids is 2. The van der Waals surface area contributed by atoms with Gasteiger partial charge in [0.05, 0.1) is 6.20 Å². The highest BCUT2D eigenvalue weighted by atomic mass is 16.2. The number of aromatic nitrogens is 2. The van der Waals surface area contributed by atoms with Gasteiger partial charge in [-0.3, -0.25) is 14.3 Å². The normalized spacial score (nSPS) is 19.4. The molecule has 1 aromatic heterocycles. The Hall–Kier alpha value is -1.69. The van der Waals surface area contributed by atoms with Gasteiger partial charge in [-0.25, -0.2) is 4.90 Å². The van der Waals surface area contributed by atoms with Crippen molar-refractivity contribution in [3.05, 3.63) is 11.8 Å². The summed E-state index contributed by atoms with van der Waals surface area (Å²) >= 11 is 0. The van der Waals surface area contributed by atoms with Gasteiger partial charge in [0, 0.05) is 32.0 Å². The lowest BCUT2D eigenvalue weighted by molar-refractivity contribution is -0.132. The van der Waals surface area contributed by atoms with E-state index in [0.29, 0.717) is 24.2 Å². The highest BCUT2D eigenvalue weighted by Crippen LogP contribution is 2.34. The molecule has 1 saturated heterocycles. The Kier molecular flexibility index (Phi) is 2.98. The van der Waals surface area contributed by atoms with Crippen molar-refractivity contribution >= 4 is 17.6 Å². The molecular weight excluding hydrogens is 232 g/mol. The summed E-state index contributed by atoms with van der Waals surface area (Å²) in [6, 6.07) is 0. The van der Waals surface area contributed by atoms with Crippen LogP contribution in [0.2, 0.25) is 0 Å². The van der Waals surface area contributed by atoms with E-state index < -0.39 is 0 Å². The lowest BCUT2D eigenvalue weighted by atomic mass is 9.81. The van der Waals surface area contributed by atoms with Gasteiger partial charge in [-0.2, -0.15) is 5.10 Å². The fourth-order valence-electron chi connectivity index (χ4n) is 2.32. The Morgan fingerprint density at radius 1 is 1.33 bits per heavy atom. The molecule has 0 aromatic carbocycles. The Morgan fingerprint density at radius 2 is 1.89 bits per heavy atom. The average molecular weight is 250 g/mol. The molecule has 1 aliphatic heterocycles. The second-order valence-corrected chi connectivity index (χ2v) is 5.46. The fraction of sp³-hybridized carbons (Fsp3) is 0.583. The van der Waals surface area contributed by atoms with Crippen LogP contribution >= 0.6 is 0 Å². The molecule has 1 aromatic rings. The third-order valence-corrected chi connectivity index (χ3v) is 3.17. The summed E-state index contributed by atoms with van der Waals surface area (Å²) < 4.78 is 1.52. The number of rotatable bonds is 2. The van der Waals surface area contributed by atoms with E-state index >= 15 is 0 Å². The molecule has 0 spiro atoms. The molecule has 0 unspecified atom stereocenters. The zero-order chi connectivity index (χ0) is 13.5. The van der Waals surface area contributed by atoms with E-state index in [1.165, 1.54) is 9.58 Å². The fourth-order valence-corrected chi connectivity index (χ4v) is 2.32. The number of amides is 2. The van der Waals surface area contributed by atoms with Crippen LogP contribution in [0.15, 0.2) is 6.20 Å². The van der Waals surface area contributed by atoms with Gasteiger partial charge in [0.1, 0.15) is 5.82 Å². The van der Waals surface area contributed by atoms with E-state index in [0.717, 1.165) is 0 Å². The summed E-state index contributed by atoms with van der Waals surface area (Å²) in [6.45, 7) is 4.10. The van der Waals surface area contributed by atoms with Crippen LogP contribution < -0.4 is 10.6 Å². The van der Waals surface area contributed by atoms with Crippen molar-refractivity contribution in [2.75, 3.05) is 4.90 Å². The molecule has 0 radical (unpaired) electrons. The number of hydrogen-bond acceptors (Lipinski definition) is 4. The molecule has 1 fully saturated rings. The number of carbonyl (C=O) groups is 2. The molecule has 6 heteroatoms. The summed E-state index contributed by atoms with van der Waals surface area (Å²) in [5.74, 6) is 0.132. The van der Waals surface area contributed by atoms with E-state index in [2.05, 4.69) is 5.10 Å². The zero-order valence-corrected chi connectivity index (χ0v) is 10.9. The molecule has 2 rings (SSSR count). The summed E-state index contributed by atoms with van der Waals surface area (Å²) in [4.78, 5) is 25.5. The smallest absolute Gasteiger partial charge is 0.235 e. The van der Waals surface area contributed by atoms with Crippen LogP contribution in [0.4, 0.5) is 5.82 Å². The average Bonchev–Trinajstić information content (AvgIpc) is 2.58. The molecule has 2 amide bonds. The van der Waals surface area contributed by atoms with Crippen molar-refractivity contribution in [3.63, 3.8) is 0 Å². The van der Waals surface area contributed by atoms with Gasteiger partial charge in [0.25, 0.3) is 0 Å². The van der Waals surface area contributed by atoms with E-state index in [9.17, 15) is 9.59 Å². The quantitative estimate of drug-likeness (QED) is 0.777. The van der Waals surface area contributed by atoms with E-state index in [1.54, 1.807) is 13.2 Å².